The van der Waals surface area contributed by atoms with Crippen molar-refractivity contribution in [2.24, 2.45) is 0 Å². The zero-order valence-corrected chi connectivity index (χ0v) is 13.3. The SMILES string of the molecule is O[C@]1(c2ccc(-c3ccccc3)cc2)CN2CCCC[C@@H]2CO1. The molecule has 2 aromatic rings. The summed E-state index contributed by atoms with van der Waals surface area (Å²) in [6.45, 7) is 2.26. The van der Waals surface area contributed by atoms with Gasteiger partial charge in [0.2, 0.25) is 5.79 Å². The molecular formula is C20H23NO2. The van der Waals surface area contributed by atoms with Gasteiger partial charge in [-0.25, -0.2) is 0 Å². The van der Waals surface area contributed by atoms with Crippen LogP contribution >= 0.6 is 0 Å². The van der Waals surface area contributed by atoms with Crippen LogP contribution in [0.25, 0.3) is 11.1 Å². The number of nitrogens with zero attached hydrogens (tertiary/aromatic N) is 1. The number of fused-ring (bicyclic) bond motifs is 1. The third-order valence-corrected chi connectivity index (χ3v) is 5.12. The van der Waals surface area contributed by atoms with E-state index in [0.717, 1.165) is 17.7 Å². The van der Waals surface area contributed by atoms with Crippen molar-refractivity contribution in [2.75, 3.05) is 19.7 Å². The van der Waals surface area contributed by atoms with E-state index in [2.05, 4.69) is 29.2 Å². The van der Waals surface area contributed by atoms with Crippen LogP contribution < -0.4 is 0 Å². The van der Waals surface area contributed by atoms with Crippen LogP contribution in [0.2, 0.25) is 0 Å². The fourth-order valence-corrected chi connectivity index (χ4v) is 3.74. The molecule has 0 bridgehead atoms. The fourth-order valence-electron chi connectivity index (χ4n) is 3.74. The summed E-state index contributed by atoms with van der Waals surface area (Å²) < 4.78 is 5.88. The number of ether oxygens (including phenoxy) is 1. The lowest BCUT2D eigenvalue weighted by molar-refractivity contribution is -0.264. The molecule has 0 saturated carbocycles. The van der Waals surface area contributed by atoms with Gasteiger partial charge in [-0.05, 0) is 30.5 Å². The fraction of sp³-hybridized carbons (Fsp3) is 0.400. The van der Waals surface area contributed by atoms with Gasteiger partial charge in [-0.1, -0.05) is 61.0 Å². The van der Waals surface area contributed by atoms with Gasteiger partial charge in [0.25, 0.3) is 0 Å². The molecule has 0 spiro atoms. The second kappa shape index (κ2) is 6.08. The molecule has 2 aliphatic heterocycles. The maximum atomic E-state index is 11.0. The summed E-state index contributed by atoms with van der Waals surface area (Å²) in [4.78, 5) is 2.39. The normalized spacial score (nSPS) is 28.3. The Bertz CT molecular complexity index is 655. The Balaban J connectivity index is 1.55. The first-order chi connectivity index (χ1) is 11.2. The number of rotatable bonds is 2. The van der Waals surface area contributed by atoms with Crippen LogP contribution in [0, 0.1) is 0 Å². The number of aliphatic hydroxyl groups is 1. The van der Waals surface area contributed by atoms with Crippen LogP contribution in [0.4, 0.5) is 0 Å². The smallest absolute Gasteiger partial charge is 0.205 e. The van der Waals surface area contributed by atoms with Crippen molar-refractivity contribution in [3.8, 4) is 11.1 Å². The van der Waals surface area contributed by atoms with Crippen LogP contribution in [0.15, 0.2) is 54.6 Å². The van der Waals surface area contributed by atoms with E-state index in [1.807, 2.05) is 30.3 Å². The second-order valence-corrected chi connectivity index (χ2v) is 6.66. The maximum Gasteiger partial charge on any atom is 0.205 e. The highest BCUT2D eigenvalue weighted by Gasteiger charge is 2.41. The van der Waals surface area contributed by atoms with E-state index in [-0.39, 0.29) is 0 Å². The van der Waals surface area contributed by atoms with E-state index >= 15 is 0 Å². The number of hydrogen-bond donors (Lipinski definition) is 1. The van der Waals surface area contributed by atoms with Crippen molar-refractivity contribution in [2.45, 2.75) is 31.1 Å². The number of piperidine rings is 1. The van der Waals surface area contributed by atoms with Crippen LogP contribution in [-0.2, 0) is 10.5 Å². The zero-order valence-electron chi connectivity index (χ0n) is 13.3. The van der Waals surface area contributed by atoms with Crippen molar-refractivity contribution < 1.29 is 9.84 Å². The summed E-state index contributed by atoms with van der Waals surface area (Å²) in [7, 11) is 0. The third kappa shape index (κ3) is 2.92. The molecule has 2 fully saturated rings. The van der Waals surface area contributed by atoms with Gasteiger partial charge >= 0.3 is 0 Å². The van der Waals surface area contributed by atoms with Gasteiger partial charge in [-0.2, -0.15) is 0 Å². The largest absolute Gasteiger partial charge is 0.361 e. The molecule has 2 atom stereocenters. The monoisotopic (exact) mass is 309 g/mol. The Labute approximate surface area is 137 Å². The molecular weight excluding hydrogens is 286 g/mol. The van der Waals surface area contributed by atoms with Gasteiger partial charge in [-0.3, -0.25) is 4.90 Å². The number of benzene rings is 2. The molecule has 120 valence electrons. The topological polar surface area (TPSA) is 32.7 Å². The van der Waals surface area contributed by atoms with Crippen molar-refractivity contribution in [3.05, 3.63) is 60.2 Å². The van der Waals surface area contributed by atoms with E-state index in [0.29, 0.717) is 19.2 Å². The Morgan fingerprint density at radius 1 is 0.957 bits per heavy atom. The highest BCUT2D eigenvalue weighted by Crippen LogP contribution is 2.33. The van der Waals surface area contributed by atoms with Crippen molar-refractivity contribution in [1.82, 2.24) is 4.90 Å². The van der Waals surface area contributed by atoms with E-state index in [1.54, 1.807) is 0 Å². The Morgan fingerprint density at radius 3 is 2.48 bits per heavy atom. The lowest BCUT2D eigenvalue weighted by atomic mass is 9.95. The molecule has 23 heavy (non-hydrogen) atoms. The summed E-state index contributed by atoms with van der Waals surface area (Å²) in [5.41, 5.74) is 3.19. The first-order valence-electron chi connectivity index (χ1n) is 8.51. The van der Waals surface area contributed by atoms with Crippen LogP contribution in [0.1, 0.15) is 24.8 Å². The summed E-state index contributed by atoms with van der Waals surface area (Å²) >= 11 is 0. The molecule has 2 heterocycles. The lowest BCUT2D eigenvalue weighted by Crippen LogP contribution is -2.56. The average Bonchev–Trinajstić information content (AvgIpc) is 2.62. The molecule has 0 amide bonds. The van der Waals surface area contributed by atoms with Crippen LogP contribution in [0.3, 0.4) is 0 Å². The Kier molecular flexibility index (Phi) is 3.93. The van der Waals surface area contributed by atoms with E-state index in [1.165, 1.54) is 24.8 Å². The maximum absolute atomic E-state index is 11.0. The van der Waals surface area contributed by atoms with E-state index in [9.17, 15) is 5.11 Å². The summed E-state index contributed by atoms with van der Waals surface area (Å²) in [6.07, 6.45) is 3.68. The zero-order chi connectivity index (χ0) is 15.7. The predicted molar refractivity (Wildman–Crippen MR) is 90.9 cm³/mol. The Hall–Kier alpha value is -1.68. The van der Waals surface area contributed by atoms with E-state index in [4.69, 9.17) is 4.74 Å². The van der Waals surface area contributed by atoms with Crippen LogP contribution in [0.5, 0.6) is 0 Å². The van der Waals surface area contributed by atoms with Crippen LogP contribution in [-0.4, -0.2) is 35.7 Å². The van der Waals surface area contributed by atoms with Crippen molar-refractivity contribution in [1.29, 1.82) is 0 Å². The standard InChI is InChI=1S/C20H23NO2/c22-20(15-21-13-5-4-8-19(21)14-23-20)18-11-9-17(10-12-18)16-6-2-1-3-7-16/h1-3,6-7,9-12,19,22H,4-5,8,13-15H2/t19-,20-/m1/s1. The minimum atomic E-state index is -1.18. The van der Waals surface area contributed by atoms with E-state index < -0.39 is 5.79 Å². The van der Waals surface area contributed by atoms with Gasteiger partial charge in [-0.15, -0.1) is 0 Å². The minimum Gasteiger partial charge on any atom is -0.361 e. The molecule has 0 unspecified atom stereocenters. The summed E-state index contributed by atoms with van der Waals surface area (Å²) in [6, 6.07) is 18.9. The molecule has 0 aliphatic carbocycles. The van der Waals surface area contributed by atoms with Crippen molar-refractivity contribution in [3.63, 3.8) is 0 Å². The Morgan fingerprint density at radius 2 is 1.70 bits per heavy atom. The average molecular weight is 309 g/mol. The number of hydrogen-bond acceptors (Lipinski definition) is 3. The number of morpholine rings is 1. The molecule has 2 aromatic carbocycles. The molecule has 2 saturated heterocycles. The molecule has 3 nitrogen and oxygen atoms in total. The first-order valence-corrected chi connectivity index (χ1v) is 8.51. The molecule has 0 aromatic heterocycles. The predicted octanol–water partition coefficient (Wildman–Crippen LogP) is 3.38. The third-order valence-electron chi connectivity index (χ3n) is 5.12. The minimum absolute atomic E-state index is 0.479. The summed E-state index contributed by atoms with van der Waals surface area (Å²) in [5, 5.41) is 11.0. The summed E-state index contributed by atoms with van der Waals surface area (Å²) in [5.74, 6) is -1.18. The van der Waals surface area contributed by atoms with Crippen molar-refractivity contribution >= 4 is 0 Å². The molecule has 1 N–H and O–H groups in total. The second-order valence-electron chi connectivity index (χ2n) is 6.66. The van der Waals surface area contributed by atoms with Gasteiger partial charge in [0.15, 0.2) is 0 Å². The molecule has 3 heteroatoms. The highest BCUT2D eigenvalue weighted by molar-refractivity contribution is 5.63. The lowest BCUT2D eigenvalue weighted by Gasteiger charge is -2.46. The van der Waals surface area contributed by atoms with Gasteiger partial charge < -0.3 is 9.84 Å². The molecule has 2 aliphatic rings. The van der Waals surface area contributed by atoms with Gasteiger partial charge in [0.05, 0.1) is 13.2 Å². The van der Waals surface area contributed by atoms with Gasteiger partial charge in [0, 0.05) is 11.6 Å². The first kappa shape index (κ1) is 14.9. The molecule has 0 radical (unpaired) electrons. The highest BCUT2D eigenvalue weighted by atomic mass is 16.6. The molecule has 4 rings (SSSR count). The quantitative estimate of drug-likeness (QED) is 0.923. The van der Waals surface area contributed by atoms with Gasteiger partial charge in [0.1, 0.15) is 0 Å².